The lowest BCUT2D eigenvalue weighted by atomic mass is 10.2. The van der Waals surface area contributed by atoms with Gasteiger partial charge < -0.3 is 10.2 Å². The van der Waals surface area contributed by atoms with Gasteiger partial charge in [0.25, 0.3) is 11.4 Å². The standard InChI is InChI=1S/C14H18N2O2/c1-15-11(9-17)5-3-7-13(15)14-8-4-6-12(10-18)16(14)2/h3-8,17-18H,9-10H2,1-2H3/q+2. The number of aromatic nitrogens is 2. The summed E-state index contributed by atoms with van der Waals surface area (Å²) in [6, 6.07) is 11.6. The molecule has 0 atom stereocenters. The van der Waals surface area contributed by atoms with Crippen molar-refractivity contribution in [1.29, 1.82) is 0 Å². The molecule has 2 aromatic rings. The Kier molecular flexibility index (Phi) is 3.69. The molecule has 2 rings (SSSR count). The Hall–Kier alpha value is -1.78. The fourth-order valence-electron chi connectivity index (χ4n) is 2.09. The van der Waals surface area contributed by atoms with Crippen LogP contribution in [-0.2, 0) is 27.3 Å². The van der Waals surface area contributed by atoms with Crippen LogP contribution < -0.4 is 9.13 Å². The zero-order chi connectivity index (χ0) is 13.1. The Balaban J connectivity index is 2.62. The number of aliphatic hydroxyl groups is 2. The van der Waals surface area contributed by atoms with Crippen molar-refractivity contribution in [3.8, 4) is 11.4 Å². The van der Waals surface area contributed by atoms with Crippen molar-refractivity contribution < 1.29 is 19.3 Å². The molecule has 2 N–H and O–H groups in total. The SMILES string of the molecule is C[n+]1c(CO)cccc1-c1cccc(CO)[n+]1C. The first kappa shape index (κ1) is 12.7. The summed E-state index contributed by atoms with van der Waals surface area (Å²) < 4.78 is 3.91. The molecule has 0 spiro atoms. The molecule has 0 aromatic carbocycles. The summed E-state index contributed by atoms with van der Waals surface area (Å²) in [6.07, 6.45) is 0. The predicted octanol–water partition coefficient (Wildman–Crippen LogP) is -0.0128. The second-order valence-electron chi connectivity index (χ2n) is 4.24. The van der Waals surface area contributed by atoms with Gasteiger partial charge in [0.15, 0.2) is 0 Å². The van der Waals surface area contributed by atoms with Crippen LogP contribution >= 0.6 is 0 Å². The summed E-state index contributed by atoms with van der Waals surface area (Å²) in [7, 11) is 3.85. The third-order valence-corrected chi connectivity index (χ3v) is 3.26. The second kappa shape index (κ2) is 5.25. The molecule has 0 bridgehead atoms. The molecular weight excluding hydrogens is 228 g/mol. The van der Waals surface area contributed by atoms with E-state index in [1.165, 1.54) is 0 Å². The van der Waals surface area contributed by atoms with E-state index in [0.29, 0.717) is 0 Å². The van der Waals surface area contributed by atoms with E-state index < -0.39 is 0 Å². The van der Waals surface area contributed by atoms with E-state index in [1.807, 2.05) is 59.6 Å². The lowest BCUT2D eigenvalue weighted by molar-refractivity contribution is -0.699. The van der Waals surface area contributed by atoms with Crippen LogP contribution in [0.5, 0.6) is 0 Å². The highest BCUT2D eigenvalue weighted by Crippen LogP contribution is 2.11. The summed E-state index contributed by atoms with van der Waals surface area (Å²) in [4.78, 5) is 0. The predicted molar refractivity (Wildman–Crippen MR) is 66.1 cm³/mol. The topological polar surface area (TPSA) is 48.2 Å². The number of rotatable bonds is 3. The molecule has 0 aliphatic rings. The van der Waals surface area contributed by atoms with E-state index in [9.17, 15) is 10.2 Å². The van der Waals surface area contributed by atoms with Gasteiger partial charge in [-0.15, -0.1) is 0 Å². The Morgan fingerprint density at radius 2 is 1.17 bits per heavy atom. The highest BCUT2D eigenvalue weighted by atomic mass is 16.3. The first-order valence-corrected chi connectivity index (χ1v) is 5.87. The Bertz CT molecular complexity index is 516. The van der Waals surface area contributed by atoms with Crippen molar-refractivity contribution >= 4 is 0 Å². The molecule has 0 saturated heterocycles. The van der Waals surface area contributed by atoms with Gasteiger partial charge >= 0.3 is 0 Å². The van der Waals surface area contributed by atoms with Crippen LogP contribution in [0.25, 0.3) is 11.4 Å². The minimum absolute atomic E-state index is 0.00768. The van der Waals surface area contributed by atoms with Crippen LogP contribution in [0.2, 0.25) is 0 Å². The Morgan fingerprint density at radius 3 is 1.50 bits per heavy atom. The highest BCUT2D eigenvalue weighted by molar-refractivity contribution is 5.46. The summed E-state index contributed by atoms with van der Waals surface area (Å²) in [6.45, 7) is 0.0154. The Morgan fingerprint density at radius 1 is 0.778 bits per heavy atom. The normalized spacial score (nSPS) is 10.7. The summed E-state index contributed by atoms with van der Waals surface area (Å²) >= 11 is 0. The van der Waals surface area contributed by atoms with Crippen LogP contribution in [0.3, 0.4) is 0 Å². The number of hydrogen-bond donors (Lipinski definition) is 2. The fraction of sp³-hybridized carbons (Fsp3) is 0.286. The van der Waals surface area contributed by atoms with Crippen LogP contribution in [0.15, 0.2) is 36.4 Å². The largest absolute Gasteiger partial charge is 0.385 e. The van der Waals surface area contributed by atoms with Gasteiger partial charge in [-0.3, -0.25) is 0 Å². The number of pyridine rings is 2. The third kappa shape index (κ3) is 2.12. The zero-order valence-electron chi connectivity index (χ0n) is 10.7. The van der Waals surface area contributed by atoms with E-state index in [-0.39, 0.29) is 13.2 Å². The van der Waals surface area contributed by atoms with E-state index in [1.54, 1.807) is 0 Å². The maximum absolute atomic E-state index is 9.29. The molecule has 2 aromatic heterocycles. The maximum Gasteiger partial charge on any atom is 0.277 e. The lowest BCUT2D eigenvalue weighted by Gasteiger charge is -2.04. The first-order chi connectivity index (χ1) is 8.69. The number of hydrogen-bond acceptors (Lipinski definition) is 2. The molecule has 94 valence electrons. The monoisotopic (exact) mass is 246 g/mol. The van der Waals surface area contributed by atoms with Crippen LogP contribution in [-0.4, -0.2) is 10.2 Å². The summed E-state index contributed by atoms with van der Waals surface area (Å²) in [5.41, 5.74) is 3.70. The molecule has 0 unspecified atom stereocenters. The molecule has 0 radical (unpaired) electrons. The molecule has 0 aliphatic heterocycles. The van der Waals surface area contributed by atoms with Crippen molar-refractivity contribution in [3.05, 3.63) is 47.8 Å². The third-order valence-electron chi connectivity index (χ3n) is 3.26. The van der Waals surface area contributed by atoms with Gasteiger partial charge in [0.05, 0.1) is 0 Å². The molecule has 0 amide bonds. The van der Waals surface area contributed by atoms with Crippen molar-refractivity contribution in [3.63, 3.8) is 0 Å². The smallest absolute Gasteiger partial charge is 0.277 e. The van der Waals surface area contributed by atoms with Gasteiger partial charge in [0.1, 0.15) is 27.3 Å². The fourth-order valence-corrected chi connectivity index (χ4v) is 2.09. The summed E-state index contributed by atoms with van der Waals surface area (Å²) in [5.74, 6) is 0. The first-order valence-electron chi connectivity index (χ1n) is 5.87. The minimum atomic E-state index is 0.00768. The molecule has 18 heavy (non-hydrogen) atoms. The molecule has 4 heteroatoms. The van der Waals surface area contributed by atoms with Crippen molar-refractivity contribution in [2.75, 3.05) is 0 Å². The van der Waals surface area contributed by atoms with E-state index in [0.717, 1.165) is 22.8 Å². The highest BCUT2D eigenvalue weighted by Gasteiger charge is 2.22. The van der Waals surface area contributed by atoms with Crippen LogP contribution in [0.1, 0.15) is 11.4 Å². The van der Waals surface area contributed by atoms with Crippen LogP contribution in [0, 0.1) is 0 Å². The molecular formula is C14H18N2O2+2. The van der Waals surface area contributed by atoms with Crippen molar-refractivity contribution in [2.24, 2.45) is 14.1 Å². The number of aliphatic hydroxyl groups excluding tert-OH is 2. The quantitative estimate of drug-likeness (QED) is 0.748. The number of nitrogens with zero attached hydrogens (tertiary/aromatic N) is 2. The molecule has 0 fully saturated rings. The lowest BCUT2D eigenvalue weighted by Crippen LogP contribution is -2.43. The summed E-state index contributed by atoms with van der Waals surface area (Å²) in [5, 5.41) is 18.6. The van der Waals surface area contributed by atoms with Gasteiger partial charge in [-0.05, 0) is 12.1 Å². The molecule has 0 saturated carbocycles. The van der Waals surface area contributed by atoms with Gasteiger partial charge in [0, 0.05) is 24.3 Å². The van der Waals surface area contributed by atoms with E-state index >= 15 is 0 Å². The maximum atomic E-state index is 9.29. The average Bonchev–Trinajstić information content (AvgIpc) is 2.40. The van der Waals surface area contributed by atoms with Gasteiger partial charge in [-0.25, -0.2) is 0 Å². The minimum Gasteiger partial charge on any atom is -0.385 e. The van der Waals surface area contributed by atoms with Crippen molar-refractivity contribution in [2.45, 2.75) is 13.2 Å². The van der Waals surface area contributed by atoms with Gasteiger partial charge in [-0.1, -0.05) is 0 Å². The second-order valence-corrected chi connectivity index (χ2v) is 4.24. The van der Waals surface area contributed by atoms with E-state index in [2.05, 4.69) is 0 Å². The molecule has 2 heterocycles. The van der Waals surface area contributed by atoms with Gasteiger partial charge in [0.2, 0.25) is 11.4 Å². The molecule has 0 aliphatic carbocycles. The molecule has 4 nitrogen and oxygen atoms in total. The van der Waals surface area contributed by atoms with Crippen LogP contribution in [0.4, 0.5) is 0 Å². The zero-order valence-corrected chi connectivity index (χ0v) is 10.7. The Labute approximate surface area is 106 Å². The van der Waals surface area contributed by atoms with E-state index in [4.69, 9.17) is 0 Å². The van der Waals surface area contributed by atoms with Gasteiger partial charge in [-0.2, -0.15) is 9.13 Å². The average molecular weight is 246 g/mol. The van der Waals surface area contributed by atoms with Crippen molar-refractivity contribution in [1.82, 2.24) is 0 Å².